The summed E-state index contributed by atoms with van der Waals surface area (Å²) in [7, 11) is 1.79. The zero-order valence-electron chi connectivity index (χ0n) is 12.8. The van der Waals surface area contributed by atoms with Gasteiger partial charge in [0.05, 0.1) is 6.61 Å². The van der Waals surface area contributed by atoms with Crippen LogP contribution >= 0.6 is 11.8 Å². The molecule has 1 saturated carbocycles. The van der Waals surface area contributed by atoms with Crippen LogP contribution in [0, 0.1) is 11.3 Å². The van der Waals surface area contributed by atoms with Gasteiger partial charge in [-0.15, -0.1) is 0 Å². The highest BCUT2D eigenvalue weighted by molar-refractivity contribution is 8.00. The van der Waals surface area contributed by atoms with Gasteiger partial charge in [0.2, 0.25) is 0 Å². The van der Waals surface area contributed by atoms with Crippen molar-refractivity contribution in [1.29, 1.82) is 0 Å². The van der Waals surface area contributed by atoms with Crippen LogP contribution in [0.1, 0.15) is 47.0 Å². The van der Waals surface area contributed by atoms with Gasteiger partial charge in [-0.3, -0.25) is 0 Å². The quantitative estimate of drug-likeness (QED) is 0.748. The molecule has 0 heterocycles. The molecule has 3 unspecified atom stereocenters. The minimum atomic E-state index is 0.456. The number of hydrogen-bond acceptors (Lipinski definition) is 3. The minimum absolute atomic E-state index is 0.456. The van der Waals surface area contributed by atoms with E-state index in [1.54, 1.807) is 7.11 Å². The van der Waals surface area contributed by atoms with Crippen LogP contribution in [0.4, 0.5) is 0 Å². The summed E-state index contributed by atoms with van der Waals surface area (Å²) in [6, 6.07) is 0.704. The molecule has 1 aliphatic carbocycles. The number of rotatable bonds is 6. The van der Waals surface area contributed by atoms with E-state index in [0.717, 1.165) is 30.1 Å². The molecule has 0 saturated heterocycles. The third kappa shape index (κ3) is 5.10. The zero-order chi connectivity index (χ0) is 13.6. The first-order chi connectivity index (χ1) is 8.49. The molecule has 0 bridgehead atoms. The minimum Gasteiger partial charge on any atom is -0.384 e. The Morgan fingerprint density at radius 2 is 2.00 bits per heavy atom. The van der Waals surface area contributed by atoms with Gasteiger partial charge in [0, 0.05) is 24.2 Å². The van der Waals surface area contributed by atoms with Crippen LogP contribution in [0.25, 0.3) is 0 Å². The third-order valence-electron chi connectivity index (χ3n) is 4.10. The van der Waals surface area contributed by atoms with Crippen molar-refractivity contribution in [3.8, 4) is 0 Å². The van der Waals surface area contributed by atoms with Crippen LogP contribution in [-0.2, 0) is 4.74 Å². The Morgan fingerprint density at radius 3 is 2.56 bits per heavy atom. The van der Waals surface area contributed by atoms with Crippen molar-refractivity contribution in [3.05, 3.63) is 0 Å². The van der Waals surface area contributed by atoms with Gasteiger partial charge in [0.1, 0.15) is 0 Å². The molecule has 2 nitrogen and oxygen atoms in total. The molecule has 1 N–H and O–H groups in total. The molecule has 1 fully saturated rings. The molecule has 0 spiro atoms. The van der Waals surface area contributed by atoms with Crippen LogP contribution in [0.2, 0.25) is 0 Å². The Hall–Kier alpha value is 0.270. The van der Waals surface area contributed by atoms with E-state index in [1.807, 2.05) is 0 Å². The summed E-state index contributed by atoms with van der Waals surface area (Å²) in [6.45, 7) is 11.4. The van der Waals surface area contributed by atoms with E-state index in [4.69, 9.17) is 4.74 Å². The predicted octanol–water partition coefficient (Wildman–Crippen LogP) is 3.56. The topological polar surface area (TPSA) is 21.3 Å². The second kappa shape index (κ2) is 7.76. The lowest BCUT2D eigenvalue weighted by Gasteiger charge is -2.42. The van der Waals surface area contributed by atoms with Gasteiger partial charge < -0.3 is 10.1 Å². The van der Waals surface area contributed by atoms with Crippen molar-refractivity contribution >= 4 is 11.8 Å². The van der Waals surface area contributed by atoms with E-state index < -0.39 is 0 Å². The second-order valence-corrected chi connectivity index (χ2v) is 7.79. The van der Waals surface area contributed by atoms with Crippen LogP contribution in [0.15, 0.2) is 0 Å². The maximum atomic E-state index is 5.18. The normalized spacial score (nSPS) is 29.5. The molecule has 3 atom stereocenters. The molecular formula is C15H31NOS. The van der Waals surface area contributed by atoms with Gasteiger partial charge in [-0.2, -0.15) is 11.8 Å². The predicted molar refractivity (Wildman–Crippen MR) is 82.4 cm³/mol. The van der Waals surface area contributed by atoms with E-state index in [9.17, 15) is 0 Å². The molecule has 1 rings (SSSR count). The van der Waals surface area contributed by atoms with E-state index in [1.165, 1.54) is 19.3 Å². The highest BCUT2D eigenvalue weighted by Crippen LogP contribution is 2.41. The van der Waals surface area contributed by atoms with Crippen LogP contribution in [0.3, 0.4) is 0 Å². The van der Waals surface area contributed by atoms with Gasteiger partial charge in [-0.1, -0.05) is 27.7 Å². The average molecular weight is 273 g/mol. The fourth-order valence-electron chi connectivity index (χ4n) is 2.88. The zero-order valence-corrected chi connectivity index (χ0v) is 13.6. The smallest absolute Gasteiger partial charge is 0.0553 e. The van der Waals surface area contributed by atoms with E-state index in [2.05, 4.69) is 44.8 Å². The Bertz CT molecular complexity index is 227. The van der Waals surface area contributed by atoms with Gasteiger partial charge in [-0.25, -0.2) is 0 Å². The third-order valence-corrected chi connectivity index (χ3v) is 5.45. The van der Waals surface area contributed by atoms with Gasteiger partial charge in [0.15, 0.2) is 0 Å². The second-order valence-electron chi connectivity index (χ2n) is 6.44. The summed E-state index contributed by atoms with van der Waals surface area (Å²) >= 11 is 2.10. The Morgan fingerprint density at radius 1 is 1.28 bits per heavy atom. The van der Waals surface area contributed by atoms with Crippen molar-refractivity contribution in [1.82, 2.24) is 5.32 Å². The Kier molecular flexibility index (Phi) is 7.04. The van der Waals surface area contributed by atoms with Gasteiger partial charge in [-0.05, 0) is 37.1 Å². The molecule has 0 aliphatic heterocycles. The van der Waals surface area contributed by atoms with Gasteiger partial charge >= 0.3 is 0 Å². The standard InChI is InChI=1S/C15H31NOS/c1-6-16-13-8-7-12(15(2,3)4)11-14(13)18-10-9-17-5/h12-14,16H,6-11H2,1-5H3. The summed E-state index contributed by atoms with van der Waals surface area (Å²) in [5.41, 5.74) is 0.456. The molecule has 3 heteroatoms. The highest BCUT2D eigenvalue weighted by Gasteiger charge is 2.35. The molecule has 0 aromatic carbocycles. The van der Waals surface area contributed by atoms with Crippen molar-refractivity contribution in [2.75, 3.05) is 26.0 Å². The summed E-state index contributed by atoms with van der Waals surface area (Å²) in [5.74, 6) is 1.99. The van der Waals surface area contributed by atoms with Gasteiger partial charge in [0.25, 0.3) is 0 Å². The van der Waals surface area contributed by atoms with Crippen molar-refractivity contribution in [2.45, 2.75) is 58.2 Å². The van der Waals surface area contributed by atoms with E-state index in [0.29, 0.717) is 11.5 Å². The monoisotopic (exact) mass is 273 g/mol. The number of ether oxygens (including phenoxy) is 1. The van der Waals surface area contributed by atoms with Crippen LogP contribution in [0.5, 0.6) is 0 Å². The first-order valence-corrected chi connectivity index (χ1v) is 8.37. The molecule has 108 valence electrons. The van der Waals surface area contributed by atoms with E-state index >= 15 is 0 Å². The summed E-state index contributed by atoms with van der Waals surface area (Å²) in [4.78, 5) is 0. The fourth-order valence-corrected chi connectivity index (χ4v) is 4.28. The first kappa shape index (κ1) is 16.3. The Balaban J connectivity index is 2.52. The maximum absolute atomic E-state index is 5.18. The lowest BCUT2D eigenvalue weighted by molar-refractivity contribution is 0.165. The highest BCUT2D eigenvalue weighted by atomic mass is 32.2. The maximum Gasteiger partial charge on any atom is 0.0553 e. The lowest BCUT2D eigenvalue weighted by Crippen LogP contribution is -2.45. The molecule has 0 radical (unpaired) electrons. The molecular weight excluding hydrogens is 242 g/mol. The molecule has 18 heavy (non-hydrogen) atoms. The van der Waals surface area contributed by atoms with Crippen LogP contribution in [-0.4, -0.2) is 37.3 Å². The SMILES string of the molecule is CCNC1CCC(C(C)(C)C)CC1SCCOC. The lowest BCUT2D eigenvalue weighted by atomic mass is 9.71. The largest absolute Gasteiger partial charge is 0.384 e. The average Bonchev–Trinajstić information content (AvgIpc) is 2.30. The van der Waals surface area contributed by atoms with E-state index in [-0.39, 0.29) is 0 Å². The molecule has 0 aromatic rings. The summed E-state index contributed by atoms with van der Waals surface area (Å²) in [5, 5.41) is 4.43. The summed E-state index contributed by atoms with van der Waals surface area (Å²) < 4.78 is 5.18. The molecule has 0 amide bonds. The molecule has 1 aliphatic rings. The number of thioether (sulfide) groups is 1. The number of hydrogen-bond donors (Lipinski definition) is 1. The Labute approximate surface area is 118 Å². The number of nitrogens with one attached hydrogen (secondary N) is 1. The fraction of sp³-hybridized carbons (Fsp3) is 1.00. The number of methoxy groups -OCH3 is 1. The van der Waals surface area contributed by atoms with Crippen molar-refractivity contribution in [2.24, 2.45) is 11.3 Å². The molecule has 0 aromatic heterocycles. The van der Waals surface area contributed by atoms with Crippen LogP contribution < -0.4 is 5.32 Å². The van der Waals surface area contributed by atoms with Crippen molar-refractivity contribution < 1.29 is 4.74 Å². The van der Waals surface area contributed by atoms with Crippen molar-refractivity contribution in [3.63, 3.8) is 0 Å². The first-order valence-electron chi connectivity index (χ1n) is 7.33. The summed E-state index contributed by atoms with van der Waals surface area (Å²) in [6.07, 6.45) is 4.07.